The molecule has 0 saturated heterocycles. The van der Waals surface area contributed by atoms with E-state index in [0.717, 1.165) is 9.28 Å². The van der Waals surface area contributed by atoms with Crippen LogP contribution in [0.15, 0.2) is 45.7 Å². The highest BCUT2D eigenvalue weighted by Crippen LogP contribution is 2.12. The first kappa shape index (κ1) is 11.5. The van der Waals surface area contributed by atoms with Gasteiger partial charge in [-0.1, -0.05) is 30.4 Å². The Kier molecular flexibility index (Phi) is 6.85. The summed E-state index contributed by atoms with van der Waals surface area (Å²) in [6.45, 7) is 3.95. The molecule has 0 heterocycles. The number of hydrogen-bond acceptors (Lipinski definition) is 1. The molecular formula is C10H14IN. The van der Waals surface area contributed by atoms with Gasteiger partial charge in [0.05, 0.1) is 0 Å². The second-order valence-corrected chi connectivity index (χ2v) is 3.33. The Balaban J connectivity index is 4.18. The lowest BCUT2D eigenvalue weighted by molar-refractivity contribution is 1.41. The van der Waals surface area contributed by atoms with E-state index in [1.165, 1.54) is 0 Å². The standard InChI is InChI=1S/C10H14IN/c1-3-5-6-7-8-10(12)9(11)4-2/h3-8H,12H2,1-2H3/b5-3+,7-6-,9-4-,10-8+. The molecule has 0 atom stereocenters. The van der Waals surface area contributed by atoms with Crippen molar-refractivity contribution in [2.24, 2.45) is 5.73 Å². The third-order valence-electron chi connectivity index (χ3n) is 1.22. The maximum Gasteiger partial charge on any atom is 0.0446 e. The molecule has 0 aromatic rings. The number of nitrogens with two attached hydrogens (primary N) is 1. The molecule has 0 spiro atoms. The molecule has 0 saturated carbocycles. The molecule has 66 valence electrons. The Morgan fingerprint density at radius 2 is 1.83 bits per heavy atom. The van der Waals surface area contributed by atoms with Crippen LogP contribution in [0.4, 0.5) is 0 Å². The van der Waals surface area contributed by atoms with Crippen LogP contribution in [0.3, 0.4) is 0 Å². The van der Waals surface area contributed by atoms with Gasteiger partial charge in [-0.3, -0.25) is 0 Å². The predicted octanol–water partition coefficient (Wildman–Crippen LogP) is 3.30. The van der Waals surface area contributed by atoms with Gasteiger partial charge in [0.2, 0.25) is 0 Å². The number of hydrogen-bond donors (Lipinski definition) is 1. The van der Waals surface area contributed by atoms with Gasteiger partial charge in [-0.15, -0.1) is 0 Å². The Morgan fingerprint density at radius 3 is 2.33 bits per heavy atom. The quantitative estimate of drug-likeness (QED) is 0.620. The summed E-state index contributed by atoms with van der Waals surface area (Å²) < 4.78 is 1.08. The first-order valence-corrected chi connectivity index (χ1v) is 4.87. The van der Waals surface area contributed by atoms with Crippen LogP contribution in [0.25, 0.3) is 0 Å². The second kappa shape index (κ2) is 7.16. The van der Waals surface area contributed by atoms with E-state index in [-0.39, 0.29) is 0 Å². The largest absolute Gasteiger partial charge is 0.398 e. The van der Waals surface area contributed by atoms with Crippen LogP contribution in [-0.4, -0.2) is 0 Å². The lowest BCUT2D eigenvalue weighted by Crippen LogP contribution is -1.94. The van der Waals surface area contributed by atoms with E-state index in [0.29, 0.717) is 0 Å². The normalized spacial score (nSPS) is 14.9. The van der Waals surface area contributed by atoms with Gasteiger partial charge < -0.3 is 5.73 Å². The first-order chi connectivity index (χ1) is 5.72. The van der Waals surface area contributed by atoms with Crippen LogP contribution in [-0.2, 0) is 0 Å². The topological polar surface area (TPSA) is 26.0 Å². The van der Waals surface area contributed by atoms with Crippen LogP contribution in [0.2, 0.25) is 0 Å². The Labute approximate surface area is 87.9 Å². The fourth-order valence-corrected chi connectivity index (χ4v) is 0.761. The highest BCUT2D eigenvalue weighted by Gasteiger charge is 1.89. The monoisotopic (exact) mass is 275 g/mol. The average Bonchev–Trinajstić information content (AvgIpc) is 2.10. The first-order valence-electron chi connectivity index (χ1n) is 3.79. The molecule has 0 aliphatic heterocycles. The minimum absolute atomic E-state index is 0.804. The van der Waals surface area contributed by atoms with Crippen molar-refractivity contribution in [3.05, 3.63) is 45.7 Å². The molecule has 0 rings (SSSR count). The second-order valence-electron chi connectivity index (χ2n) is 2.17. The molecule has 0 aliphatic rings. The van der Waals surface area contributed by atoms with Gasteiger partial charge in [-0.05, 0) is 42.5 Å². The van der Waals surface area contributed by atoms with Crippen LogP contribution in [0.5, 0.6) is 0 Å². The molecule has 0 unspecified atom stereocenters. The molecule has 0 radical (unpaired) electrons. The third kappa shape index (κ3) is 5.18. The average molecular weight is 275 g/mol. The fourth-order valence-electron chi connectivity index (χ4n) is 0.581. The van der Waals surface area contributed by atoms with Crippen molar-refractivity contribution < 1.29 is 0 Å². The van der Waals surface area contributed by atoms with Crippen molar-refractivity contribution in [3.63, 3.8) is 0 Å². The smallest absolute Gasteiger partial charge is 0.0446 e. The van der Waals surface area contributed by atoms with Crippen molar-refractivity contribution >= 4 is 22.6 Å². The van der Waals surface area contributed by atoms with Crippen LogP contribution in [0.1, 0.15) is 13.8 Å². The van der Waals surface area contributed by atoms with E-state index in [1.54, 1.807) is 0 Å². The van der Waals surface area contributed by atoms with Gasteiger partial charge in [0, 0.05) is 9.28 Å². The summed E-state index contributed by atoms with van der Waals surface area (Å²) in [4.78, 5) is 0. The molecule has 0 aromatic carbocycles. The zero-order valence-corrected chi connectivity index (χ0v) is 9.58. The molecule has 0 aliphatic carbocycles. The highest BCUT2D eigenvalue weighted by atomic mass is 127. The Morgan fingerprint density at radius 1 is 1.17 bits per heavy atom. The molecule has 0 amide bonds. The summed E-state index contributed by atoms with van der Waals surface area (Å²) in [5.41, 5.74) is 6.52. The molecule has 0 aromatic heterocycles. The fraction of sp³-hybridized carbons (Fsp3) is 0.200. The molecule has 2 heteroatoms. The van der Waals surface area contributed by atoms with E-state index in [2.05, 4.69) is 22.6 Å². The summed E-state index contributed by atoms with van der Waals surface area (Å²) in [6, 6.07) is 0. The minimum Gasteiger partial charge on any atom is -0.398 e. The van der Waals surface area contributed by atoms with E-state index < -0.39 is 0 Å². The zero-order valence-electron chi connectivity index (χ0n) is 7.42. The van der Waals surface area contributed by atoms with Crippen molar-refractivity contribution in [2.45, 2.75) is 13.8 Å². The number of halogens is 1. The van der Waals surface area contributed by atoms with Crippen molar-refractivity contribution in [1.29, 1.82) is 0 Å². The summed E-state index contributed by atoms with van der Waals surface area (Å²) in [5, 5.41) is 0. The summed E-state index contributed by atoms with van der Waals surface area (Å²) in [7, 11) is 0. The van der Waals surface area contributed by atoms with Gasteiger partial charge >= 0.3 is 0 Å². The lowest BCUT2D eigenvalue weighted by Gasteiger charge is -1.94. The minimum atomic E-state index is 0.804. The summed E-state index contributed by atoms with van der Waals surface area (Å²) >= 11 is 2.21. The molecule has 2 N–H and O–H groups in total. The van der Waals surface area contributed by atoms with Crippen LogP contribution < -0.4 is 5.73 Å². The van der Waals surface area contributed by atoms with Crippen LogP contribution in [0, 0.1) is 0 Å². The van der Waals surface area contributed by atoms with Gasteiger partial charge in [0.15, 0.2) is 0 Å². The van der Waals surface area contributed by atoms with Crippen molar-refractivity contribution in [2.75, 3.05) is 0 Å². The maximum absolute atomic E-state index is 5.72. The van der Waals surface area contributed by atoms with Gasteiger partial charge in [-0.2, -0.15) is 0 Å². The number of rotatable bonds is 3. The number of allylic oxidation sites excluding steroid dienone is 7. The van der Waals surface area contributed by atoms with Crippen molar-refractivity contribution in [1.82, 2.24) is 0 Å². The van der Waals surface area contributed by atoms with Crippen LogP contribution >= 0.6 is 22.6 Å². The maximum atomic E-state index is 5.72. The van der Waals surface area contributed by atoms with E-state index >= 15 is 0 Å². The van der Waals surface area contributed by atoms with Crippen molar-refractivity contribution in [3.8, 4) is 0 Å². The summed E-state index contributed by atoms with van der Waals surface area (Å²) in [5.74, 6) is 0. The Hall–Kier alpha value is -0.510. The molecule has 1 nitrogen and oxygen atoms in total. The Bertz CT molecular complexity index is 234. The lowest BCUT2D eigenvalue weighted by atomic mass is 10.3. The molecule has 0 fully saturated rings. The SMILES string of the molecule is C/C=C(I)/C(N)=C\C=C/C=C/C. The molecule has 12 heavy (non-hydrogen) atoms. The predicted molar refractivity (Wildman–Crippen MR) is 64.0 cm³/mol. The van der Waals surface area contributed by atoms with Gasteiger partial charge in [0.25, 0.3) is 0 Å². The molecule has 0 bridgehead atoms. The summed E-state index contributed by atoms with van der Waals surface area (Å²) in [6.07, 6.45) is 11.7. The highest BCUT2D eigenvalue weighted by molar-refractivity contribution is 14.1. The van der Waals surface area contributed by atoms with E-state index in [9.17, 15) is 0 Å². The van der Waals surface area contributed by atoms with Gasteiger partial charge in [-0.25, -0.2) is 0 Å². The van der Waals surface area contributed by atoms with E-state index in [4.69, 9.17) is 5.73 Å². The molecular weight excluding hydrogens is 261 g/mol. The van der Waals surface area contributed by atoms with Gasteiger partial charge in [0.1, 0.15) is 0 Å². The zero-order chi connectivity index (χ0) is 9.40. The van der Waals surface area contributed by atoms with E-state index in [1.807, 2.05) is 50.3 Å². The third-order valence-corrected chi connectivity index (χ3v) is 2.47.